The van der Waals surface area contributed by atoms with Gasteiger partial charge < -0.3 is 16.2 Å². The minimum Gasteiger partial charge on any atom is -0.390 e. The molecule has 7 nitrogen and oxygen atoms in total. The summed E-state index contributed by atoms with van der Waals surface area (Å²) in [7, 11) is 0. The van der Waals surface area contributed by atoms with Gasteiger partial charge >= 0.3 is 0 Å². The van der Waals surface area contributed by atoms with E-state index in [0.29, 0.717) is 6.42 Å². The van der Waals surface area contributed by atoms with Crippen LogP contribution in [0.5, 0.6) is 0 Å². The molecular formula is C13H15N5O2. The Hall–Kier alpha value is -2.41. The van der Waals surface area contributed by atoms with Crippen LogP contribution in [0.3, 0.4) is 0 Å². The smallest absolute Gasteiger partial charge is 0.242 e. The van der Waals surface area contributed by atoms with Gasteiger partial charge in [0.25, 0.3) is 0 Å². The van der Waals surface area contributed by atoms with Gasteiger partial charge in [-0.15, -0.1) is 5.10 Å². The lowest BCUT2D eigenvalue weighted by molar-refractivity contribution is -0.123. The number of nitrogens with zero attached hydrogens (tertiary/aromatic N) is 3. The summed E-state index contributed by atoms with van der Waals surface area (Å²) in [6.45, 7) is 0.0234. The standard InChI is InChI=1S/C13H15N5O2/c14-13-15-7-18(17-13)6-11(20)16-12-9-4-2-1-3-8(9)5-10(12)19/h1-4,7,10,12,19H,5-6H2,(H2,14,17)(H,16,20)/t10-,12+/m0/s1. The highest BCUT2D eigenvalue weighted by atomic mass is 16.3. The van der Waals surface area contributed by atoms with Crippen LogP contribution in [0, 0.1) is 0 Å². The molecule has 3 rings (SSSR count). The van der Waals surface area contributed by atoms with E-state index in [9.17, 15) is 9.90 Å². The molecule has 0 saturated heterocycles. The highest BCUT2D eigenvalue weighted by Crippen LogP contribution is 2.31. The number of nitrogen functional groups attached to an aromatic ring is 1. The summed E-state index contributed by atoms with van der Waals surface area (Å²) in [6, 6.07) is 7.33. The molecule has 104 valence electrons. The molecule has 7 heteroatoms. The molecule has 1 heterocycles. The van der Waals surface area contributed by atoms with Crippen molar-refractivity contribution in [2.45, 2.75) is 25.1 Å². The predicted molar refractivity (Wildman–Crippen MR) is 71.5 cm³/mol. The van der Waals surface area contributed by atoms with Gasteiger partial charge in [0.1, 0.15) is 12.9 Å². The van der Waals surface area contributed by atoms with Gasteiger partial charge in [0, 0.05) is 6.42 Å². The van der Waals surface area contributed by atoms with Crippen LogP contribution in [0.2, 0.25) is 0 Å². The van der Waals surface area contributed by atoms with Crippen LogP contribution in [0.4, 0.5) is 5.95 Å². The summed E-state index contributed by atoms with van der Waals surface area (Å²) < 4.78 is 1.36. The first kappa shape index (κ1) is 12.6. The van der Waals surface area contributed by atoms with Gasteiger partial charge in [-0.05, 0) is 11.1 Å². The number of carbonyl (C=O) groups excluding carboxylic acids is 1. The highest BCUT2D eigenvalue weighted by molar-refractivity contribution is 5.76. The molecule has 1 aliphatic rings. The second-order valence-corrected chi connectivity index (χ2v) is 4.82. The largest absolute Gasteiger partial charge is 0.390 e. The Morgan fingerprint density at radius 1 is 1.50 bits per heavy atom. The molecule has 0 aliphatic heterocycles. The third-order valence-electron chi connectivity index (χ3n) is 3.38. The van der Waals surface area contributed by atoms with Crippen molar-refractivity contribution in [3.8, 4) is 0 Å². The van der Waals surface area contributed by atoms with Crippen LogP contribution in [0.1, 0.15) is 17.2 Å². The summed E-state index contributed by atoms with van der Waals surface area (Å²) >= 11 is 0. The molecule has 1 amide bonds. The number of nitrogens with one attached hydrogen (secondary N) is 1. The molecule has 0 radical (unpaired) electrons. The van der Waals surface area contributed by atoms with Crippen molar-refractivity contribution in [2.75, 3.05) is 5.73 Å². The Morgan fingerprint density at radius 2 is 2.30 bits per heavy atom. The number of hydrogen-bond acceptors (Lipinski definition) is 5. The number of rotatable bonds is 3. The molecule has 0 saturated carbocycles. The molecule has 1 aromatic heterocycles. The van der Waals surface area contributed by atoms with E-state index in [0.717, 1.165) is 11.1 Å². The van der Waals surface area contributed by atoms with Gasteiger partial charge in [0.2, 0.25) is 11.9 Å². The van der Waals surface area contributed by atoms with E-state index >= 15 is 0 Å². The molecule has 4 N–H and O–H groups in total. The Labute approximate surface area is 115 Å². The SMILES string of the molecule is Nc1ncn(CC(=O)N[C@@H]2c3ccccc3C[C@@H]2O)n1. The molecule has 0 bridgehead atoms. The van der Waals surface area contributed by atoms with E-state index in [1.54, 1.807) is 0 Å². The topological polar surface area (TPSA) is 106 Å². The van der Waals surface area contributed by atoms with Gasteiger partial charge in [-0.1, -0.05) is 24.3 Å². The Kier molecular flexibility index (Phi) is 3.11. The average molecular weight is 273 g/mol. The summed E-state index contributed by atoms with van der Waals surface area (Å²) in [4.78, 5) is 15.7. The van der Waals surface area contributed by atoms with Crippen LogP contribution in [-0.2, 0) is 17.8 Å². The van der Waals surface area contributed by atoms with Gasteiger partial charge in [0.15, 0.2) is 0 Å². The Bertz CT molecular complexity index is 639. The van der Waals surface area contributed by atoms with Crippen molar-refractivity contribution < 1.29 is 9.90 Å². The van der Waals surface area contributed by atoms with Crippen molar-refractivity contribution in [1.82, 2.24) is 20.1 Å². The van der Waals surface area contributed by atoms with Gasteiger partial charge in [-0.3, -0.25) is 4.79 Å². The number of aromatic nitrogens is 3. The first-order valence-electron chi connectivity index (χ1n) is 6.33. The lowest BCUT2D eigenvalue weighted by Crippen LogP contribution is -2.36. The van der Waals surface area contributed by atoms with Crippen LogP contribution < -0.4 is 11.1 Å². The van der Waals surface area contributed by atoms with Crippen LogP contribution in [0.25, 0.3) is 0 Å². The van der Waals surface area contributed by atoms with Gasteiger partial charge in [-0.2, -0.15) is 0 Å². The number of aliphatic hydroxyl groups excluding tert-OH is 1. The number of benzene rings is 1. The van der Waals surface area contributed by atoms with Gasteiger partial charge in [0.05, 0.1) is 12.1 Å². The minimum absolute atomic E-state index is 0.0234. The maximum Gasteiger partial charge on any atom is 0.242 e. The molecule has 2 atom stereocenters. The normalized spacial score (nSPS) is 20.6. The third kappa shape index (κ3) is 2.35. The molecule has 0 spiro atoms. The van der Waals surface area contributed by atoms with E-state index in [4.69, 9.17) is 5.73 Å². The van der Waals surface area contributed by atoms with E-state index in [-0.39, 0.29) is 24.4 Å². The van der Waals surface area contributed by atoms with Crippen LogP contribution in [0.15, 0.2) is 30.6 Å². The summed E-state index contributed by atoms with van der Waals surface area (Å²) in [5, 5.41) is 16.7. The lowest BCUT2D eigenvalue weighted by atomic mass is 10.1. The average Bonchev–Trinajstić information content (AvgIpc) is 2.94. The van der Waals surface area contributed by atoms with Crippen molar-refractivity contribution in [2.24, 2.45) is 0 Å². The zero-order valence-electron chi connectivity index (χ0n) is 10.7. The lowest BCUT2D eigenvalue weighted by Gasteiger charge is -2.17. The fraction of sp³-hybridized carbons (Fsp3) is 0.308. The van der Waals surface area contributed by atoms with Crippen molar-refractivity contribution in [3.63, 3.8) is 0 Å². The molecule has 0 unspecified atom stereocenters. The fourth-order valence-corrected chi connectivity index (χ4v) is 2.50. The van der Waals surface area contributed by atoms with Crippen molar-refractivity contribution >= 4 is 11.9 Å². The quantitative estimate of drug-likeness (QED) is 0.707. The number of carbonyl (C=O) groups is 1. The molecular weight excluding hydrogens is 258 g/mol. The molecule has 1 aromatic carbocycles. The van der Waals surface area contributed by atoms with E-state index in [1.165, 1.54) is 11.0 Å². The van der Waals surface area contributed by atoms with E-state index < -0.39 is 6.10 Å². The molecule has 1 aliphatic carbocycles. The molecule has 0 fully saturated rings. The van der Waals surface area contributed by atoms with Gasteiger partial charge in [-0.25, -0.2) is 9.67 Å². The van der Waals surface area contributed by atoms with Crippen molar-refractivity contribution in [1.29, 1.82) is 0 Å². The Morgan fingerprint density at radius 3 is 3.05 bits per heavy atom. The number of fused-ring (bicyclic) bond motifs is 1. The van der Waals surface area contributed by atoms with Crippen LogP contribution >= 0.6 is 0 Å². The summed E-state index contributed by atoms with van der Waals surface area (Å²) in [5.41, 5.74) is 7.42. The first-order valence-corrected chi connectivity index (χ1v) is 6.33. The second-order valence-electron chi connectivity index (χ2n) is 4.82. The van der Waals surface area contributed by atoms with E-state index in [2.05, 4.69) is 15.4 Å². The molecule has 20 heavy (non-hydrogen) atoms. The highest BCUT2D eigenvalue weighted by Gasteiger charge is 2.31. The maximum absolute atomic E-state index is 12.0. The zero-order valence-corrected chi connectivity index (χ0v) is 10.7. The maximum atomic E-state index is 12.0. The zero-order chi connectivity index (χ0) is 14.1. The van der Waals surface area contributed by atoms with Crippen molar-refractivity contribution in [3.05, 3.63) is 41.7 Å². The molecule has 2 aromatic rings. The predicted octanol–water partition coefficient (Wildman–Crippen LogP) is -0.365. The minimum atomic E-state index is -0.600. The number of aliphatic hydroxyl groups is 1. The number of nitrogens with two attached hydrogens (primary N) is 1. The summed E-state index contributed by atoms with van der Waals surface area (Å²) in [5.74, 6) is -0.111. The summed E-state index contributed by atoms with van der Waals surface area (Å²) in [6.07, 6.45) is 1.35. The number of hydrogen-bond donors (Lipinski definition) is 3. The first-order chi connectivity index (χ1) is 9.63. The third-order valence-corrected chi connectivity index (χ3v) is 3.38. The number of anilines is 1. The number of amides is 1. The second kappa shape index (κ2) is 4.93. The van der Waals surface area contributed by atoms with E-state index in [1.807, 2.05) is 24.3 Å². The fourth-order valence-electron chi connectivity index (χ4n) is 2.50. The van der Waals surface area contributed by atoms with Crippen LogP contribution in [-0.4, -0.2) is 31.9 Å². The monoisotopic (exact) mass is 273 g/mol. The Balaban J connectivity index is 1.70.